The van der Waals surface area contributed by atoms with Crippen LogP contribution in [0.15, 0.2) is 36.5 Å². The lowest BCUT2D eigenvalue weighted by molar-refractivity contribution is -0.148. The van der Waals surface area contributed by atoms with Crippen molar-refractivity contribution in [3.8, 4) is 5.75 Å². The molecule has 148 valence electrons. The highest BCUT2D eigenvalue weighted by molar-refractivity contribution is 5.85. The lowest BCUT2D eigenvalue weighted by Crippen LogP contribution is -2.51. The molecule has 0 spiro atoms. The Labute approximate surface area is 161 Å². The molecular formula is C21H30N2O4. The fraction of sp³-hybridized carbons (Fsp3) is 0.524. The van der Waals surface area contributed by atoms with Crippen molar-refractivity contribution >= 4 is 12.0 Å². The van der Waals surface area contributed by atoms with Gasteiger partial charge in [0.25, 0.3) is 0 Å². The molecule has 0 unspecified atom stereocenters. The molecule has 6 heteroatoms. The summed E-state index contributed by atoms with van der Waals surface area (Å²) in [6, 6.07) is 6.51. The Morgan fingerprint density at radius 1 is 1.07 bits per heavy atom. The second kappa shape index (κ2) is 10.6. The molecule has 0 aliphatic carbocycles. The first-order chi connectivity index (χ1) is 13.1. The first kappa shape index (κ1) is 20.8. The van der Waals surface area contributed by atoms with Gasteiger partial charge in [0, 0.05) is 5.70 Å². The zero-order valence-electron chi connectivity index (χ0n) is 16.3. The van der Waals surface area contributed by atoms with Gasteiger partial charge in [0.2, 0.25) is 0 Å². The molecule has 0 saturated carbocycles. The molecule has 0 aromatic heterocycles. The van der Waals surface area contributed by atoms with Crippen LogP contribution in [0.2, 0.25) is 0 Å². The van der Waals surface area contributed by atoms with E-state index < -0.39 is 12.0 Å². The maximum atomic E-state index is 12.6. The van der Waals surface area contributed by atoms with Crippen LogP contribution in [-0.2, 0) is 9.53 Å². The van der Waals surface area contributed by atoms with Gasteiger partial charge in [-0.25, -0.2) is 4.79 Å². The van der Waals surface area contributed by atoms with Gasteiger partial charge in [-0.2, -0.15) is 0 Å². The van der Waals surface area contributed by atoms with Gasteiger partial charge in [0.1, 0.15) is 11.7 Å². The summed E-state index contributed by atoms with van der Waals surface area (Å²) in [5, 5.41) is 5.40. The molecule has 6 nitrogen and oxygen atoms in total. The third kappa shape index (κ3) is 6.01. The fourth-order valence-electron chi connectivity index (χ4n) is 3.02. The van der Waals surface area contributed by atoms with Crippen LogP contribution in [0, 0.1) is 5.92 Å². The predicted octanol–water partition coefficient (Wildman–Crippen LogP) is 4.08. The number of amides is 2. The van der Waals surface area contributed by atoms with E-state index in [1.54, 1.807) is 0 Å². The molecule has 2 rings (SSSR count). The molecule has 1 aromatic carbocycles. The Kier molecular flexibility index (Phi) is 8.17. The largest absolute Gasteiger partial charge is 0.494 e. The lowest BCUT2D eigenvalue weighted by Gasteiger charge is -2.33. The number of hydrogen-bond acceptors (Lipinski definition) is 4. The number of esters is 1. The number of rotatable bonds is 10. The van der Waals surface area contributed by atoms with Gasteiger partial charge in [0.05, 0.1) is 19.3 Å². The van der Waals surface area contributed by atoms with Crippen molar-refractivity contribution in [2.45, 2.75) is 52.0 Å². The summed E-state index contributed by atoms with van der Waals surface area (Å²) < 4.78 is 11.0. The third-order valence-corrected chi connectivity index (χ3v) is 4.48. The summed E-state index contributed by atoms with van der Waals surface area (Å²) in [5.74, 6) is -0.286. The van der Waals surface area contributed by atoms with Crippen LogP contribution in [0.4, 0.5) is 4.79 Å². The predicted molar refractivity (Wildman–Crippen MR) is 104 cm³/mol. The Balaban J connectivity index is 2.07. The number of nitrogens with one attached hydrogen (secondary N) is 2. The molecule has 0 bridgehead atoms. The van der Waals surface area contributed by atoms with Gasteiger partial charge < -0.3 is 20.1 Å². The van der Waals surface area contributed by atoms with Gasteiger partial charge in [-0.3, -0.25) is 4.79 Å². The monoisotopic (exact) mass is 374 g/mol. The number of ether oxygens (including phenoxy) is 2. The summed E-state index contributed by atoms with van der Waals surface area (Å²) in [6.07, 6.45) is 5.06. The highest BCUT2D eigenvalue weighted by Gasteiger charge is 2.38. The van der Waals surface area contributed by atoms with E-state index in [0.29, 0.717) is 18.9 Å². The van der Waals surface area contributed by atoms with Crippen LogP contribution in [0.3, 0.4) is 0 Å². The minimum absolute atomic E-state index is 0.355. The third-order valence-electron chi connectivity index (χ3n) is 4.48. The smallest absolute Gasteiger partial charge is 0.319 e. The summed E-state index contributed by atoms with van der Waals surface area (Å²) >= 11 is 0. The normalized spacial score (nSPS) is 19.2. The van der Waals surface area contributed by atoms with Crippen molar-refractivity contribution in [2.24, 2.45) is 5.92 Å². The molecule has 1 heterocycles. The van der Waals surface area contributed by atoms with Crippen molar-refractivity contribution in [3.05, 3.63) is 42.1 Å². The molecule has 2 amide bonds. The first-order valence-electron chi connectivity index (χ1n) is 9.72. The van der Waals surface area contributed by atoms with E-state index in [4.69, 9.17) is 9.47 Å². The number of unbranched alkanes of at least 4 members (excludes halogenated alkanes) is 3. The SMILES string of the molecule is C=C1NC(=O)N[C@H](c2ccc(OCCC)cc2)[C@H]1C(=O)OCCCCCC. The van der Waals surface area contributed by atoms with Crippen molar-refractivity contribution in [2.75, 3.05) is 13.2 Å². The van der Waals surface area contributed by atoms with Crippen LogP contribution in [-0.4, -0.2) is 25.2 Å². The zero-order chi connectivity index (χ0) is 19.6. The number of benzene rings is 1. The molecule has 2 atom stereocenters. The lowest BCUT2D eigenvalue weighted by atomic mass is 9.89. The average Bonchev–Trinajstić information content (AvgIpc) is 2.66. The Morgan fingerprint density at radius 3 is 2.48 bits per heavy atom. The summed E-state index contributed by atoms with van der Waals surface area (Å²) in [5.41, 5.74) is 1.16. The fourth-order valence-corrected chi connectivity index (χ4v) is 3.02. The van der Waals surface area contributed by atoms with Crippen LogP contribution in [0.1, 0.15) is 57.6 Å². The van der Waals surface area contributed by atoms with Crippen molar-refractivity contribution in [1.82, 2.24) is 10.6 Å². The van der Waals surface area contributed by atoms with Gasteiger partial charge in [-0.05, 0) is 30.5 Å². The maximum absolute atomic E-state index is 12.6. The highest BCUT2D eigenvalue weighted by atomic mass is 16.5. The molecule has 1 aromatic rings. The molecule has 27 heavy (non-hydrogen) atoms. The highest BCUT2D eigenvalue weighted by Crippen LogP contribution is 2.31. The van der Waals surface area contributed by atoms with Crippen LogP contribution < -0.4 is 15.4 Å². The molecule has 1 fully saturated rings. The minimum Gasteiger partial charge on any atom is -0.494 e. The second-order valence-corrected chi connectivity index (χ2v) is 6.72. The van der Waals surface area contributed by atoms with Crippen molar-refractivity contribution in [1.29, 1.82) is 0 Å². The van der Waals surface area contributed by atoms with Crippen LogP contribution in [0.5, 0.6) is 5.75 Å². The maximum Gasteiger partial charge on any atom is 0.319 e. The molecule has 1 aliphatic heterocycles. The Bertz CT molecular complexity index is 642. The summed E-state index contributed by atoms with van der Waals surface area (Å²) in [7, 11) is 0. The average molecular weight is 374 g/mol. The van der Waals surface area contributed by atoms with E-state index in [-0.39, 0.29) is 12.0 Å². The summed E-state index contributed by atoms with van der Waals surface area (Å²) in [4.78, 5) is 24.5. The Morgan fingerprint density at radius 2 is 1.81 bits per heavy atom. The van der Waals surface area contributed by atoms with Crippen molar-refractivity contribution in [3.63, 3.8) is 0 Å². The number of carbonyl (C=O) groups is 2. The first-order valence-corrected chi connectivity index (χ1v) is 9.72. The number of urea groups is 1. The molecule has 1 saturated heterocycles. The van der Waals surface area contributed by atoms with E-state index in [0.717, 1.165) is 43.4 Å². The topological polar surface area (TPSA) is 76.7 Å². The van der Waals surface area contributed by atoms with Gasteiger partial charge in [0.15, 0.2) is 0 Å². The van der Waals surface area contributed by atoms with Crippen molar-refractivity contribution < 1.29 is 19.1 Å². The van der Waals surface area contributed by atoms with Gasteiger partial charge in [-0.15, -0.1) is 0 Å². The number of hydrogen-bond donors (Lipinski definition) is 2. The Hall–Kier alpha value is -2.50. The van der Waals surface area contributed by atoms with E-state index in [9.17, 15) is 9.59 Å². The number of carbonyl (C=O) groups excluding carboxylic acids is 2. The molecule has 0 radical (unpaired) electrons. The summed E-state index contributed by atoms with van der Waals surface area (Å²) in [6.45, 7) is 9.07. The van der Waals surface area contributed by atoms with E-state index in [1.807, 2.05) is 31.2 Å². The molecular weight excluding hydrogens is 344 g/mol. The van der Waals surface area contributed by atoms with E-state index >= 15 is 0 Å². The quantitative estimate of drug-likeness (QED) is 0.478. The van der Waals surface area contributed by atoms with E-state index in [2.05, 4.69) is 24.1 Å². The zero-order valence-corrected chi connectivity index (χ0v) is 16.3. The molecule has 1 aliphatic rings. The minimum atomic E-state index is -0.670. The second-order valence-electron chi connectivity index (χ2n) is 6.72. The molecule has 2 N–H and O–H groups in total. The van der Waals surface area contributed by atoms with Gasteiger partial charge in [-0.1, -0.05) is 51.8 Å². The van der Waals surface area contributed by atoms with E-state index in [1.165, 1.54) is 0 Å². The standard InChI is InChI=1S/C21H30N2O4/c1-4-6-7-8-14-27-20(24)18-15(3)22-21(25)23-19(18)16-9-11-17(12-10-16)26-13-5-2/h9-12,18-19H,3-8,13-14H2,1-2H3,(H2,22,23,25)/t18-,19+/m0/s1. The van der Waals surface area contributed by atoms with Crippen LogP contribution >= 0.6 is 0 Å². The van der Waals surface area contributed by atoms with Crippen LogP contribution in [0.25, 0.3) is 0 Å². The van der Waals surface area contributed by atoms with Gasteiger partial charge >= 0.3 is 12.0 Å².